The fourth-order valence-electron chi connectivity index (χ4n) is 4.28. The van der Waals surface area contributed by atoms with Crippen LogP contribution >= 0.6 is 0 Å². The molecule has 6 N–H and O–H groups in total. The Labute approximate surface area is 195 Å². The first-order valence-corrected chi connectivity index (χ1v) is 10.9. The third-order valence-corrected chi connectivity index (χ3v) is 5.99. The zero-order valence-corrected chi connectivity index (χ0v) is 18.2. The van der Waals surface area contributed by atoms with Gasteiger partial charge in [-0.15, -0.1) is 0 Å². The first-order valence-electron chi connectivity index (χ1n) is 10.9. The van der Waals surface area contributed by atoms with Crippen LogP contribution in [0.1, 0.15) is 28.0 Å². The summed E-state index contributed by atoms with van der Waals surface area (Å²) in [5, 5.41) is 15.0. The summed E-state index contributed by atoms with van der Waals surface area (Å²) in [6.45, 7) is 0.932. The minimum absolute atomic E-state index is 0.0845. The lowest BCUT2D eigenvalue weighted by Crippen LogP contribution is -2.29. The van der Waals surface area contributed by atoms with E-state index < -0.39 is 12.1 Å². The van der Waals surface area contributed by atoms with Crippen LogP contribution in [0.3, 0.4) is 0 Å². The van der Waals surface area contributed by atoms with Crippen LogP contribution in [0.25, 0.3) is 22.8 Å². The van der Waals surface area contributed by atoms with Gasteiger partial charge in [0.2, 0.25) is 0 Å². The van der Waals surface area contributed by atoms with Gasteiger partial charge in [-0.3, -0.25) is 9.59 Å². The molecule has 4 amide bonds. The molecule has 9 nitrogen and oxygen atoms in total. The summed E-state index contributed by atoms with van der Waals surface area (Å²) in [5.41, 5.74) is 10.6. The number of β-amino-alcohol motifs (C(OH)–C–C–N with tert-alkyl or cyclic N) is 1. The monoisotopic (exact) mass is 457 g/mol. The smallest absolute Gasteiger partial charge is 0.316 e. The number of nitrogens with two attached hydrogens (primary N) is 1. The molecule has 2 aliphatic heterocycles. The average Bonchev–Trinajstić information content (AvgIpc) is 3.53. The molecule has 3 heterocycles. The molecule has 0 spiro atoms. The molecule has 172 valence electrons. The number of nitrogens with zero attached hydrogens (tertiary/aromatic N) is 1. The molecular weight excluding hydrogens is 434 g/mol. The zero-order chi connectivity index (χ0) is 23.8. The second-order valence-corrected chi connectivity index (χ2v) is 8.38. The van der Waals surface area contributed by atoms with Gasteiger partial charge < -0.3 is 31.4 Å². The van der Waals surface area contributed by atoms with Crippen molar-refractivity contribution in [3.63, 3.8) is 0 Å². The van der Waals surface area contributed by atoms with Gasteiger partial charge in [-0.25, -0.2) is 4.79 Å². The topological polar surface area (TPSA) is 141 Å². The van der Waals surface area contributed by atoms with Crippen LogP contribution in [0.4, 0.5) is 16.2 Å². The molecule has 0 saturated carbocycles. The van der Waals surface area contributed by atoms with Gasteiger partial charge >= 0.3 is 6.03 Å². The molecule has 3 aromatic rings. The largest absolute Gasteiger partial charge is 0.391 e. The van der Waals surface area contributed by atoms with Crippen molar-refractivity contribution in [2.24, 2.45) is 5.73 Å². The highest BCUT2D eigenvalue weighted by Crippen LogP contribution is 2.35. The number of aromatic amines is 1. The summed E-state index contributed by atoms with van der Waals surface area (Å²) < 4.78 is 0. The number of benzene rings is 2. The van der Waals surface area contributed by atoms with E-state index in [0.29, 0.717) is 47.6 Å². The molecule has 1 saturated heterocycles. The van der Waals surface area contributed by atoms with Gasteiger partial charge in [0, 0.05) is 47.5 Å². The quantitative estimate of drug-likeness (QED) is 0.384. The van der Waals surface area contributed by atoms with E-state index >= 15 is 0 Å². The second kappa shape index (κ2) is 8.53. The van der Waals surface area contributed by atoms with E-state index in [-0.39, 0.29) is 11.8 Å². The van der Waals surface area contributed by atoms with Crippen molar-refractivity contribution in [3.05, 3.63) is 71.5 Å². The van der Waals surface area contributed by atoms with E-state index in [2.05, 4.69) is 15.6 Å². The highest BCUT2D eigenvalue weighted by atomic mass is 16.3. The summed E-state index contributed by atoms with van der Waals surface area (Å²) >= 11 is 0. The number of fused-ring (bicyclic) bond motifs is 1. The van der Waals surface area contributed by atoms with Crippen LogP contribution in [0.15, 0.2) is 54.7 Å². The first kappa shape index (κ1) is 21.5. The zero-order valence-electron chi connectivity index (χ0n) is 18.2. The van der Waals surface area contributed by atoms with Gasteiger partial charge in [-0.2, -0.15) is 0 Å². The lowest BCUT2D eigenvalue weighted by Gasteiger charge is -2.15. The number of H-pyrrole nitrogens is 1. The Bertz CT molecular complexity index is 1330. The number of anilines is 2. The SMILES string of the molecule is NC(=O)Nc1ccc2c(c1)/C(=C/c1cc(-c3ccc(C(=O)N4CC[C@@H](O)C4)cc3)c[nH]1)C(=O)N2. The molecule has 1 fully saturated rings. The highest BCUT2D eigenvalue weighted by molar-refractivity contribution is 6.35. The number of aliphatic hydroxyl groups excluding tert-OH is 1. The number of aliphatic hydroxyl groups is 1. The molecule has 5 rings (SSSR count). The molecule has 1 atom stereocenters. The van der Waals surface area contributed by atoms with Gasteiger partial charge in [-0.05, 0) is 60.0 Å². The molecule has 0 aliphatic carbocycles. The van der Waals surface area contributed by atoms with E-state index in [9.17, 15) is 19.5 Å². The number of amides is 4. The highest BCUT2D eigenvalue weighted by Gasteiger charge is 2.26. The molecule has 2 aromatic carbocycles. The minimum atomic E-state index is -0.678. The summed E-state index contributed by atoms with van der Waals surface area (Å²) in [4.78, 5) is 41.1. The van der Waals surface area contributed by atoms with Crippen molar-refractivity contribution in [1.29, 1.82) is 0 Å². The van der Waals surface area contributed by atoms with Crippen LogP contribution in [-0.4, -0.2) is 52.0 Å². The third-order valence-electron chi connectivity index (χ3n) is 5.99. The maximum Gasteiger partial charge on any atom is 0.316 e. The van der Waals surface area contributed by atoms with Crippen LogP contribution in [0.5, 0.6) is 0 Å². The molecule has 1 aromatic heterocycles. The Kier molecular flexibility index (Phi) is 5.39. The summed E-state index contributed by atoms with van der Waals surface area (Å²) in [7, 11) is 0. The van der Waals surface area contributed by atoms with E-state index in [0.717, 1.165) is 16.8 Å². The number of likely N-dealkylation sites (tertiary alicyclic amines) is 1. The molecule has 0 unspecified atom stereocenters. The number of nitrogens with one attached hydrogen (secondary N) is 3. The molecule has 0 radical (unpaired) electrons. The standard InChI is InChI=1S/C25H23N5O4/c26-25(34)28-17-5-6-22-20(10-17)21(23(32)29-22)11-18-9-16(12-27-18)14-1-3-15(4-2-14)24(33)30-8-7-19(31)13-30/h1-6,9-12,19,27,31H,7-8,13H2,(H,29,32)(H3,26,28,34)/b21-11-/t19-/m1/s1. The number of urea groups is 1. The fourth-order valence-corrected chi connectivity index (χ4v) is 4.28. The number of carbonyl (C=O) groups is 3. The van der Waals surface area contributed by atoms with Crippen LogP contribution < -0.4 is 16.4 Å². The van der Waals surface area contributed by atoms with Crippen molar-refractivity contribution in [2.45, 2.75) is 12.5 Å². The van der Waals surface area contributed by atoms with Gasteiger partial charge in [0.25, 0.3) is 11.8 Å². The lowest BCUT2D eigenvalue weighted by atomic mass is 10.0. The average molecular weight is 457 g/mol. The molecule has 9 heteroatoms. The van der Waals surface area contributed by atoms with E-state index in [4.69, 9.17) is 5.73 Å². The number of hydrogen-bond acceptors (Lipinski definition) is 4. The van der Waals surface area contributed by atoms with E-state index in [1.165, 1.54) is 0 Å². The predicted octanol–water partition coefficient (Wildman–Crippen LogP) is 2.87. The van der Waals surface area contributed by atoms with Crippen molar-refractivity contribution < 1.29 is 19.5 Å². The van der Waals surface area contributed by atoms with Crippen molar-refractivity contribution in [2.75, 3.05) is 23.7 Å². The molecule has 2 aliphatic rings. The number of rotatable bonds is 4. The first-order chi connectivity index (χ1) is 16.4. The number of carbonyl (C=O) groups excluding carboxylic acids is 3. The van der Waals surface area contributed by atoms with Crippen molar-refractivity contribution in [1.82, 2.24) is 9.88 Å². The normalized spacial score (nSPS) is 18.1. The van der Waals surface area contributed by atoms with Gasteiger partial charge in [0.1, 0.15) is 0 Å². The van der Waals surface area contributed by atoms with Gasteiger partial charge in [0.05, 0.1) is 11.7 Å². The van der Waals surface area contributed by atoms with E-state index in [1.807, 2.05) is 24.4 Å². The van der Waals surface area contributed by atoms with Crippen molar-refractivity contribution in [3.8, 4) is 11.1 Å². The Morgan fingerprint density at radius 3 is 2.62 bits per heavy atom. The maximum absolute atomic E-state index is 12.6. The number of aromatic nitrogens is 1. The lowest BCUT2D eigenvalue weighted by molar-refractivity contribution is -0.110. The fraction of sp³-hybridized carbons (Fsp3) is 0.160. The van der Waals surface area contributed by atoms with Crippen LogP contribution in [0.2, 0.25) is 0 Å². The molecular formula is C25H23N5O4. The van der Waals surface area contributed by atoms with Gasteiger partial charge in [0.15, 0.2) is 0 Å². The second-order valence-electron chi connectivity index (χ2n) is 8.38. The Balaban J connectivity index is 1.36. The summed E-state index contributed by atoms with van der Waals surface area (Å²) in [6.07, 6.45) is 3.74. The van der Waals surface area contributed by atoms with Gasteiger partial charge in [-0.1, -0.05) is 12.1 Å². The Morgan fingerprint density at radius 2 is 1.91 bits per heavy atom. The maximum atomic E-state index is 12.6. The summed E-state index contributed by atoms with van der Waals surface area (Å²) in [6, 6.07) is 13.6. The minimum Gasteiger partial charge on any atom is -0.391 e. The molecule has 34 heavy (non-hydrogen) atoms. The number of primary amides is 1. The Hall–Kier alpha value is -4.37. The van der Waals surface area contributed by atoms with Crippen molar-refractivity contribution >= 4 is 40.9 Å². The summed E-state index contributed by atoms with van der Waals surface area (Å²) in [5.74, 6) is -0.323. The Morgan fingerprint density at radius 1 is 1.12 bits per heavy atom. The van der Waals surface area contributed by atoms with E-state index in [1.54, 1.807) is 41.3 Å². The van der Waals surface area contributed by atoms with Crippen LogP contribution in [0, 0.1) is 0 Å². The molecule has 0 bridgehead atoms. The number of hydrogen-bond donors (Lipinski definition) is 5. The van der Waals surface area contributed by atoms with Crippen LogP contribution in [-0.2, 0) is 4.79 Å². The predicted molar refractivity (Wildman–Crippen MR) is 129 cm³/mol. The third kappa shape index (κ3) is 4.16.